The molecular weight excluding hydrogens is 540 g/mol. The van der Waals surface area contributed by atoms with Gasteiger partial charge in [-0.05, 0) is 35.9 Å². The third kappa shape index (κ3) is 6.01. The van der Waals surface area contributed by atoms with Gasteiger partial charge in [0.15, 0.2) is 5.69 Å². The van der Waals surface area contributed by atoms with E-state index in [1.165, 1.54) is 24.3 Å². The highest BCUT2D eigenvalue weighted by Crippen LogP contribution is 2.40. The Hall–Kier alpha value is -2.93. The molecule has 188 valence electrons. The normalized spacial score (nSPS) is 12.7. The minimum absolute atomic E-state index is 0.0422. The van der Waals surface area contributed by atoms with Crippen LogP contribution in [0.3, 0.4) is 0 Å². The fourth-order valence-corrected chi connectivity index (χ4v) is 3.44. The number of rotatable bonds is 4. The Morgan fingerprint density at radius 2 is 1.51 bits per heavy atom. The zero-order valence-corrected chi connectivity index (χ0v) is 18.2. The molecule has 35 heavy (non-hydrogen) atoms. The van der Waals surface area contributed by atoms with Crippen molar-refractivity contribution in [2.75, 3.05) is 5.32 Å². The molecule has 0 aliphatic heterocycles. The molecule has 3 aromatic rings. The van der Waals surface area contributed by atoms with Crippen molar-refractivity contribution in [3.63, 3.8) is 0 Å². The number of benzene rings is 2. The number of aromatic nitrogens is 2. The van der Waals surface area contributed by atoms with Crippen LogP contribution in [0.25, 0.3) is 0 Å². The number of hydrogen-bond donors (Lipinski definition) is 1. The van der Waals surface area contributed by atoms with Gasteiger partial charge >= 0.3 is 18.5 Å². The second-order valence-corrected chi connectivity index (χ2v) is 7.81. The summed E-state index contributed by atoms with van der Waals surface area (Å²) in [7, 11) is 0. The van der Waals surface area contributed by atoms with Crippen LogP contribution in [-0.2, 0) is 25.1 Å². The molecule has 0 spiro atoms. The van der Waals surface area contributed by atoms with E-state index in [2.05, 4.69) is 4.98 Å². The summed E-state index contributed by atoms with van der Waals surface area (Å²) in [5.41, 5.74) is -7.68. The van der Waals surface area contributed by atoms with E-state index in [1.54, 1.807) is 0 Å². The Labute approximate surface area is 199 Å². The van der Waals surface area contributed by atoms with E-state index in [1.807, 2.05) is 5.32 Å². The van der Waals surface area contributed by atoms with E-state index < -0.39 is 64.1 Å². The maximum Gasteiger partial charge on any atom is 0.435 e. The lowest BCUT2D eigenvalue weighted by Crippen LogP contribution is -2.29. The van der Waals surface area contributed by atoms with Crippen molar-refractivity contribution in [2.45, 2.75) is 25.1 Å². The molecule has 0 aliphatic carbocycles. The van der Waals surface area contributed by atoms with Crippen LogP contribution in [0.1, 0.15) is 22.4 Å². The van der Waals surface area contributed by atoms with E-state index in [-0.39, 0.29) is 28.8 Å². The highest BCUT2D eigenvalue weighted by atomic mass is 35.5. The van der Waals surface area contributed by atoms with Crippen molar-refractivity contribution in [1.29, 1.82) is 0 Å². The van der Waals surface area contributed by atoms with Crippen molar-refractivity contribution in [3.8, 4) is 0 Å². The third-order valence-electron chi connectivity index (χ3n) is 4.51. The lowest BCUT2D eigenvalue weighted by atomic mass is 10.1. The first-order chi connectivity index (χ1) is 16.0. The zero-order valence-electron chi connectivity index (χ0n) is 16.7. The summed E-state index contributed by atoms with van der Waals surface area (Å²) < 4.78 is 120. The van der Waals surface area contributed by atoms with Gasteiger partial charge in [-0.25, -0.2) is 4.98 Å². The molecule has 0 aliphatic rings. The highest BCUT2D eigenvalue weighted by Gasteiger charge is 2.40. The summed E-state index contributed by atoms with van der Waals surface area (Å²) in [6.45, 7) is -0.576. The largest absolute Gasteiger partial charge is 0.435 e. The Kier molecular flexibility index (Phi) is 7.06. The second-order valence-electron chi connectivity index (χ2n) is 7.00. The molecule has 15 heteroatoms. The number of anilines is 2. The van der Waals surface area contributed by atoms with Crippen LogP contribution < -0.4 is 10.9 Å². The standard InChI is InChI=1S/C20H10Cl2F9N3O/c21-11-3-1-2-9(6-11)8-34-16(35)14(22)15(20(29,30)31)33-17(34)32-13-7-10(18(23,24)25)4-5-12(13)19(26,27)28/h1-7H,8H2,(H,32,33). The molecule has 0 radical (unpaired) electrons. The first-order valence-electron chi connectivity index (χ1n) is 9.16. The van der Waals surface area contributed by atoms with Gasteiger partial charge < -0.3 is 5.32 Å². The Balaban J connectivity index is 2.27. The Morgan fingerprint density at radius 3 is 2.06 bits per heavy atom. The lowest BCUT2D eigenvalue weighted by molar-refractivity contribution is -0.141. The van der Waals surface area contributed by atoms with Crippen LogP contribution in [0.5, 0.6) is 0 Å². The Morgan fingerprint density at radius 1 is 0.857 bits per heavy atom. The van der Waals surface area contributed by atoms with Crippen LogP contribution in [0.2, 0.25) is 10.0 Å². The average Bonchev–Trinajstić information content (AvgIpc) is 2.71. The van der Waals surface area contributed by atoms with Crippen molar-refractivity contribution < 1.29 is 39.5 Å². The van der Waals surface area contributed by atoms with E-state index in [0.29, 0.717) is 4.57 Å². The van der Waals surface area contributed by atoms with Crippen molar-refractivity contribution in [1.82, 2.24) is 9.55 Å². The molecule has 0 atom stereocenters. The monoisotopic (exact) mass is 549 g/mol. The molecule has 1 heterocycles. The maximum atomic E-state index is 13.5. The summed E-state index contributed by atoms with van der Waals surface area (Å²) in [4.78, 5) is 15.8. The Bertz CT molecular complexity index is 1320. The van der Waals surface area contributed by atoms with Gasteiger partial charge in [-0.3, -0.25) is 9.36 Å². The molecule has 1 N–H and O–H groups in total. The summed E-state index contributed by atoms with van der Waals surface area (Å²) in [5.74, 6) is -1.13. The SMILES string of the molecule is O=c1c(Cl)c(C(F)(F)F)nc(Nc2cc(C(F)(F)F)ccc2C(F)(F)F)n1Cc1cccc(Cl)c1. The number of halogens is 11. The predicted octanol–water partition coefficient (Wildman–Crippen LogP) is 7.40. The van der Waals surface area contributed by atoms with Gasteiger partial charge in [0.05, 0.1) is 23.4 Å². The van der Waals surface area contributed by atoms with E-state index in [0.717, 1.165) is 0 Å². The van der Waals surface area contributed by atoms with Gasteiger partial charge in [0.25, 0.3) is 5.56 Å². The highest BCUT2D eigenvalue weighted by molar-refractivity contribution is 6.31. The molecule has 2 aromatic carbocycles. The summed E-state index contributed by atoms with van der Waals surface area (Å²) in [6, 6.07) is 5.84. The fourth-order valence-electron chi connectivity index (χ4n) is 2.97. The summed E-state index contributed by atoms with van der Waals surface area (Å²) in [6.07, 6.45) is -15.6. The molecule has 0 unspecified atom stereocenters. The molecule has 4 nitrogen and oxygen atoms in total. The van der Waals surface area contributed by atoms with Gasteiger partial charge in [-0.1, -0.05) is 35.3 Å². The smallest absolute Gasteiger partial charge is 0.325 e. The molecule has 0 amide bonds. The number of nitrogens with zero attached hydrogens (tertiary/aromatic N) is 2. The van der Waals surface area contributed by atoms with Gasteiger partial charge in [-0.2, -0.15) is 39.5 Å². The van der Waals surface area contributed by atoms with Gasteiger partial charge in [0.1, 0.15) is 5.02 Å². The minimum Gasteiger partial charge on any atom is -0.325 e. The van der Waals surface area contributed by atoms with E-state index >= 15 is 0 Å². The lowest BCUT2D eigenvalue weighted by Gasteiger charge is -2.20. The van der Waals surface area contributed by atoms with Crippen LogP contribution in [0.4, 0.5) is 51.1 Å². The number of alkyl halides is 9. The second kappa shape index (κ2) is 9.26. The number of nitrogens with one attached hydrogen (secondary N) is 1. The van der Waals surface area contributed by atoms with E-state index in [9.17, 15) is 44.3 Å². The zero-order chi connectivity index (χ0) is 26.3. The molecule has 3 rings (SSSR count). The quantitative estimate of drug-likeness (QED) is 0.345. The van der Waals surface area contributed by atoms with Crippen LogP contribution in [0, 0.1) is 0 Å². The first kappa shape index (κ1) is 26.7. The topological polar surface area (TPSA) is 46.9 Å². The predicted molar refractivity (Wildman–Crippen MR) is 109 cm³/mol. The number of hydrogen-bond acceptors (Lipinski definition) is 3. The van der Waals surface area contributed by atoms with Gasteiger partial charge in [0, 0.05) is 5.02 Å². The van der Waals surface area contributed by atoms with Crippen molar-refractivity contribution in [2.24, 2.45) is 0 Å². The molecular formula is C20H10Cl2F9N3O. The average molecular weight is 550 g/mol. The molecule has 0 saturated heterocycles. The first-order valence-corrected chi connectivity index (χ1v) is 9.91. The summed E-state index contributed by atoms with van der Waals surface area (Å²) >= 11 is 11.4. The molecule has 1 aromatic heterocycles. The molecule has 0 saturated carbocycles. The maximum absolute atomic E-state index is 13.5. The van der Waals surface area contributed by atoms with Gasteiger partial charge in [-0.15, -0.1) is 0 Å². The van der Waals surface area contributed by atoms with Crippen LogP contribution in [-0.4, -0.2) is 9.55 Å². The van der Waals surface area contributed by atoms with Crippen LogP contribution in [0.15, 0.2) is 47.3 Å². The van der Waals surface area contributed by atoms with Crippen LogP contribution >= 0.6 is 23.2 Å². The minimum atomic E-state index is -5.30. The van der Waals surface area contributed by atoms with Crippen molar-refractivity contribution in [3.05, 3.63) is 85.2 Å². The molecule has 0 bridgehead atoms. The van der Waals surface area contributed by atoms with Gasteiger partial charge in [0.2, 0.25) is 5.95 Å². The molecule has 0 fully saturated rings. The van der Waals surface area contributed by atoms with Crippen molar-refractivity contribution >= 4 is 34.8 Å². The third-order valence-corrected chi connectivity index (χ3v) is 5.09. The fraction of sp³-hybridized carbons (Fsp3) is 0.200. The summed E-state index contributed by atoms with van der Waals surface area (Å²) in [5, 5.41) is 0.592. The van der Waals surface area contributed by atoms with E-state index in [4.69, 9.17) is 23.2 Å².